The van der Waals surface area contributed by atoms with Crippen molar-refractivity contribution in [3.63, 3.8) is 0 Å². The quantitative estimate of drug-likeness (QED) is 0.772. The first-order chi connectivity index (χ1) is 12.0. The number of nitrogens with zero attached hydrogens (tertiary/aromatic N) is 2. The van der Waals surface area contributed by atoms with Gasteiger partial charge in [-0.2, -0.15) is 0 Å². The Balaban J connectivity index is 2.11. The van der Waals surface area contributed by atoms with E-state index in [9.17, 15) is 14.4 Å². The summed E-state index contributed by atoms with van der Waals surface area (Å²) in [6.45, 7) is 8.38. The maximum Gasteiger partial charge on any atom is 0.410 e. The first-order valence-corrected chi connectivity index (χ1v) is 8.47. The third-order valence-corrected chi connectivity index (χ3v) is 4.03. The number of nitrogens with two attached hydrogens (primary N) is 2. The highest BCUT2D eigenvalue weighted by molar-refractivity contribution is 6.00. The first kappa shape index (κ1) is 19.6. The number of carbonyl (C=O) groups is 3. The van der Waals surface area contributed by atoms with Crippen molar-refractivity contribution in [3.05, 3.63) is 29.3 Å². The van der Waals surface area contributed by atoms with E-state index in [1.807, 2.05) is 27.7 Å². The molecule has 3 amide bonds. The van der Waals surface area contributed by atoms with Crippen LogP contribution in [-0.2, 0) is 4.74 Å². The van der Waals surface area contributed by atoms with Gasteiger partial charge in [0.25, 0.3) is 5.91 Å². The smallest absolute Gasteiger partial charge is 0.410 e. The van der Waals surface area contributed by atoms with E-state index in [2.05, 4.69) is 0 Å². The molecule has 1 heterocycles. The number of nitrogen functional groups attached to an aromatic ring is 1. The Morgan fingerprint density at radius 3 is 2.27 bits per heavy atom. The van der Waals surface area contributed by atoms with Gasteiger partial charge in [0.05, 0.1) is 0 Å². The van der Waals surface area contributed by atoms with Gasteiger partial charge in [-0.3, -0.25) is 9.59 Å². The fraction of sp³-hybridized carbons (Fsp3) is 0.500. The van der Waals surface area contributed by atoms with Crippen LogP contribution in [-0.4, -0.2) is 59.0 Å². The minimum Gasteiger partial charge on any atom is -0.444 e. The Bertz CT molecular complexity index is 726. The summed E-state index contributed by atoms with van der Waals surface area (Å²) in [5.41, 5.74) is 11.3. The van der Waals surface area contributed by atoms with E-state index in [0.29, 0.717) is 30.9 Å². The molecule has 1 aromatic rings. The number of primary amides is 1. The monoisotopic (exact) mass is 362 g/mol. The van der Waals surface area contributed by atoms with Crippen LogP contribution in [0.3, 0.4) is 0 Å². The predicted molar refractivity (Wildman–Crippen MR) is 97.7 cm³/mol. The van der Waals surface area contributed by atoms with Crippen molar-refractivity contribution in [3.8, 4) is 0 Å². The van der Waals surface area contributed by atoms with Gasteiger partial charge in [-0.15, -0.1) is 0 Å². The van der Waals surface area contributed by atoms with Crippen LogP contribution in [0.15, 0.2) is 18.2 Å². The molecule has 0 aromatic heterocycles. The standard InChI is InChI=1S/C18H26N4O4/c1-11-10-21(17(25)26-18(2,3)4)5-6-22(11)16(24)13-7-12(15(20)23)8-14(19)9-13/h7-9,11H,5-6,10,19H2,1-4H3,(H2,20,23)/t11-/m0/s1. The molecule has 0 radical (unpaired) electrons. The highest BCUT2D eigenvalue weighted by Gasteiger charge is 2.32. The Morgan fingerprint density at radius 2 is 1.73 bits per heavy atom. The summed E-state index contributed by atoms with van der Waals surface area (Å²) < 4.78 is 5.38. The molecule has 2 rings (SSSR count). The number of anilines is 1. The number of hydrogen-bond acceptors (Lipinski definition) is 5. The van der Waals surface area contributed by atoms with Crippen molar-refractivity contribution in [1.82, 2.24) is 9.80 Å². The summed E-state index contributed by atoms with van der Waals surface area (Å²) in [7, 11) is 0. The highest BCUT2D eigenvalue weighted by atomic mass is 16.6. The maximum atomic E-state index is 12.8. The molecule has 8 heteroatoms. The Labute approximate surface area is 153 Å². The number of benzene rings is 1. The van der Waals surface area contributed by atoms with Crippen LogP contribution in [0.25, 0.3) is 0 Å². The van der Waals surface area contributed by atoms with Crippen molar-refractivity contribution in [2.24, 2.45) is 5.73 Å². The molecule has 142 valence electrons. The topological polar surface area (TPSA) is 119 Å². The molecule has 0 spiro atoms. The van der Waals surface area contributed by atoms with Crippen molar-refractivity contribution < 1.29 is 19.1 Å². The second-order valence-electron chi connectivity index (χ2n) is 7.48. The summed E-state index contributed by atoms with van der Waals surface area (Å²) in [6, 6.07) is 4.18. The van der Waals surface area contributed by atoms with Gasteiger partial charge in [0.1, 0.15) is 5.60 Å². The number of rotatable bonds is 2. The van der Waals surface area contributed by atoms with Gasteiger partial charge in [0, 0.05) is 42.5 Å². The van der Waals surface area contributed by atoms with Crippen LogP contribution in [0, 0.1) is 0 Å². The molecule has 4 N–H and O–H groups in total. The van der Waals surface area contributed by atoms with Gasteiger partial charge in [-0.25, -0.2) is 4.79 Å². The molecule has 1 aromatic carbocycles. The van der Waals surface area contributed by atoms with E-state index in [-0.39, 0.29) is 17.5 Å². The molecule has 0 bridgehead atoms. The molecule has 0 saturated carbocycles. The average Bonchev–Trinajstić information content (AvgIpc) is 2.51. The fourth-order valence-electron chi connectivity index (χ4n) is 2.83. The van der Waals surface area contributed by atoms with Crippen molar-refractivity contribution in [2.45, 2.75) is 39.3 Å². The van der Waals surface area contributed by atoms with Crippen LogP contribution < -0.4 is 11.5 Å². The van der Waals surface area contributed by atoms with Gasteiger partial charge < -0.3 is 26.0 Å². The maximum absolute atomic E-state index is 12.8. The molecule has 0 unspecified atom stereocenters. The summed E-state index contributed by atoms with van der Waals surface area (Å²) in [5, 5.41) is 0. The molecule has 1 fully saturated rings. The lowest BCUT2D eigenvalue weighted by Crippen LogP contribution is -2.56. The summed E-state index contributed by atoms with van der Waals surface area (Å²) >= 11 is 0. The molecule has 1 aliphatic rings. The van der Waals surface area contributed by atoms with E-state index in [0.717, 1.165) is 0 Å². The molecular formula is C18H26N4O4. The molecule has 1 aliphatic heterocycles. The molecule has 8 nitrogen and oxygen atoms in total. The number of piperazine rings is 1. The van der Waals surface area contributed by atoms with Gasteiger partial charge in [-0.1, -0.05) is 0 Å². The van der Waals surface area contributed by atoms with Crippen molar-refractivity contribution in [1.29, 1.82) is 0 Å². The molecule has 26 heavy (non-hydrogen) atoms. The first-order valence-electron chi connectivity index (χ1n) is 8.47. The molecule has 1 saturated heterocycles. The lowest BCUT2D eigenvalue weighted by molar-refractivity contribution is 0.00617. The van der Waals surface area contributed by atoms with Crippen LogP contribution in [0.5, 0.6) is 0 Å². The lowest BCUT2D eigenvalue weighted by atomic mass is 10.1. The third kappa shape index (κ3) is 4.65. The summed E-state index contributed by atoms with van der Waals surface area (Å²) in [5.74, 6) is -0.898. The van der Waals surface area contributed by atoms with E-state index >= 15 is 0 Å². The number of ether oxygens (including phenoxy) is 1. The van der Waals surface area contributed by atoms with Crippen molar-refractivity contribution in [2.75, 3.05) is 25.4 Å². The van der Waals surface area contributed by atoms with Crippen LogP contribution >= 0.6 is 0 Å². The van der Waals surface area contributed by atoms with Gasteiger partial charge in [0.2, 0.25) is 5.91 Å². The van der Waals surface area contributed by atoms with Crippen LogP contribution in [0.1, 0.15) is 48.4 Å². The Kier molecular flexibility index (Phi) is 5.44. The zero-order valence-electron chi connectivity index (χ0n) is 15.6. The minimum atomic E-state index is -0.644. The van der Waals surface area contributed by atoms with Gasteiger partial charge >= 0.3 is 6.09 Å². The van der Waals surface area contributed by atoms with E-state index in [1.165, 1.54) is 18.2 Å². The SMILES string of the molecule is C[C@H]1CN(C(=O)OC(C)(C)C)CCN1C(=O)c1cc(N)cc(C(N)=O)c1. The van der Waals surface area contributed by atoms with Crippen LogP contribution in [0.4, 0.5) is 10.5 Å². The minimum absolute atomic E-state index is 0.188. The second-order valence-corrected chi connectivity index (χ2v) is 7.48. The number of carbonyl (C=O) groups excluding carboxylic acids is 3. The van der Waals surface area contributed by atoms with Gasteiger partial charge in [0.15, 0.2) is 0 Å². The van der Waals surface area contributed by atoms with E-state index in [1.54, 1.807) is 9.80 Å². The normalized spacial score (nSPS) is 17.8. The number of amides is 3. The molecule has 0 aliphatic carbocycles. The predicted octanol–water partition coefficient (Wildman–Crippen LogP) is 1.45. The van der Waals surface area contributed by atoms with E-state index in [4.69, 9.17) is 16.2 Å². The van der Waals surface area contributed by atoms with Crippen molar-refractivity contribution >= 4 is 23.6 Å². The van der Waals surface area contributed by atoms with Gasteiger partial charge in [-0.05, 0) is 45.9 Å². The third-order valence-electron chi connectivity index (χ3n) is 4.03. The van der Waals surface area contributed by atoms with Crippen LogP contribution in [0.2, 0.25) is 0 Å². The second kappa shape index (κ2) is 7.23. The summed E-state index contributed by atoms with van der Waals surface area (Å²) in [4.78, 5) is 39.7. The highest BCUT2D eigenvalue weighted by Crippen LogP contribution is 2.19. The fourth-order valence-corrected chi connectivity index (χ4v) is 2.83. The number of hydrogen-bond donors (Lipinski definition) is 2. The zero-order chi connectivity index (χ0) is 19.6. The summed E-state index contributed by atoms with van der Waals surface area (Å²) in [6.07, 6.45) is -0.392. The zero-order valence-corrected chi connectivity index (χ0v) is 15.6. The Hall–Kier alpha value is -2.77. The Morgan fingerprint density at radius 1 is 1.12 bits per heavy atom. The average molecular weight is 362 g/mol. The lowest BCUT2D eigenvalue weighted by Gasteiger charge is -2.40. The molecular weight excluding hydrogens is 336 g/mol. The van der Waals surface area contributed by atoms with E-state index < -0.39 is 17.6 Å². The largest absolute Gasteiger partial charge is 0.444 e. The molecule has 1 atom stereocenters.